The van der Waals surface area contributed by atoms with Crippen LogP contribution in [-0.4, -0.2) is 62.4 Å². The van der Waals surface area contributed by atoms with Crippen LogP contribution in [0.4, 0.5) is 0 Å². The molecule has 0 N–H and O–H groups in total. The van der Waals surface area contributed by atoms with Gasteiger partial charge in [-0.2, -0.15) is 0 Å². The molecule has 16 heavy (non-hydrogen) atoms. The zero-order valence-corrected chi connectivity index (χ0v) is 10.6. The number of hydrogen-bond acceptors (Lipinski definition) is 7. The zero-order chi connectivity index (χ0) is 12.6. The lowest BCUT2D eigenvalue weighted by molar-refractivity contribution is -0.290. The third kappa shape index (κ3) is 16.2. The quantitative estimate of drug-likeness (QED) is 0.428. The van der Waals surface area contributed by atoms with Crippen LogP contribution in [-0.2, 0) is 33.2 Å². The molecule has 0 heterocycles. The fraction of sp³-hybridized carbons (Fsp3) is 1.00. The Balaban J connectivity index is 0. The molecule has 0 aliphatic carbocycles. The molecular formula is C9H22O7. The summed E-state index contributed by atoms with van der Waals surface area (Å²) in [6, 6.07) is 0. The first-order chi connectivity index (χ1) is 7.76. The van der Waals surface area contributed by atoms with Gasteiger partial charge >= 0.3 is 0 Å². The van der Waals surface area contributed by atoms with Crippen molar-refractivity contribution in [3.05, 3.63) is 0 Å². The molecule has 0 atom stereocenters. The topological polar surface area (TPSA) is 64.6 Å². The largest absolute Gasteiger partial charge is 0.359 e. The van der Waals surface area contributed by atoms with Crippen molar-refractivity contribution in [3.63, 3.8) is 0 Å². The van der Waals surface area contributed by atoms with E-state index in [0.717, 1.165) is 0 Å². The maximum atomic E-state index is 4.82. The average molecular weight is 242 g/mol. The third-order valence-electron chi connectivity index (χ3n) is 1.11. The van der Waals surface area contributed by atoms with Crippen LogP contribution in [0.5, 0.6) is 0 Å². The first-order valence-electron chi connectivity index (χ1n) is 4.48. The van der Waals surface area contributed by atoms with Gasteiger partial charge in [0, 0.05) is 35.5 Å². The Bertz CT molecular complexity index is 104. The van der Waals surface area contributed by atoms with Gasteiger partial charge in [0.05, 0.1) is 0 Å². The molecule has 7 heteroatoms. The predicted octanol–water partition coefficient (Wildman–Crippen LogP) is 0.394. The molecule has 0 unspecified atom stereocenters. The fourth-order valence-corrected chi connectivity index (χ4v) is 0.557. The lowest BCUT2D eigenvalue weighted by Gasteiger charge is -2.12. The summed E-state index contributed by atoms with van der Waals surface area (Å²) in [7, 11) is 7.64. The molecule has 0 aromatic heterocycles. The van der Waals surface area contributed by atoms with E-state index >= 15 is 0 Å². The van der Waals surface area contributed by atoms with E-state index in [9.17, 15) is 0 Å². The number of rotatable bonds is 9. The fourth-order valence-electron chi connectivity index (χ4n) is 0.557. The molecule has 7 nitrogen and oxygen atoms in total. The van der Waals surface area contributed by atoms with Crippen LogP contribution in [0.2, 0.25) is 0 Å². The first kappa shape index (κ1) is 18.1. The summed E-state index contributed by atoms with van der Waals surface area (Å²) in [5.41, 5.74) is 0. The standard InChI is InChI=1S/C5H12O4.C4H10O3/c1-6-4-9-5(7-2)8-3;1-5-3-7-4-6-2/h5H,4H2,1-3H3;3-4H2,1-2H3. The van der Waals surface area contributed by atoms with E-state index in [0.29, 0.717) is 13.6 Å². The lowest BCUT2D eigenvalue weighted by atomic mass is 11.2. The summed E-state index contributed by atoms with van der Waals surface area (Å²) >= 11 is 0. The van der Waals surface area contributed by atoms with Crippen molar-refractivity contribution in [2.75, 3.05) is 55.9 Å². The molecule has 0 spiro atoms. The normalized spacial score (nSPS) is 10.1. The monoisotopic (exact) mass is 242 g/mol. The third-order valence-corrected chi connectivity index (χ3v) is 1.11. The minimum absolute atomic E-state index is 0.173. The molecule has 0 aromatic rings. The van der Waals surface area contributed by atoms with Crippen LogP contribution >= 0.6 is 0 Å². The van der Waals surface area contributed by atoms with Gasteiger partial charge in [-0.25, -0.2) is 0 Å². The van der Waals surface area contributed by atoms with Gasteiger partial charge < -0.3 is 33.2 Å². The molecule has 0 saturated carbocycles. The Labute approximate surface area is 96.5 Å². The van der Waals surface area contributed by atoms with E-state index in [2.05, 4.69) is 28.4 Å². The molecule has 0 aromatic carbocycles. The van der Waals surface area contributed by atoms with Gasteiger partial charge in [0.25, 0.3) is 6.48 Å². The summed E-state index contributed by atoms with van der Waals surface area (Å²) in [4.78, 5) is 0. The van der Waals surface area contributed by atoms with E-state index in [4.69, 9.17) is 4.74 Å². The van der Waals surface area contributed by atoms with Gasteiger partial charge in [-0.15, -0.1) is 0 Å². The molecule has 100 valence electrons. The molecule has 0 fully saturated rings. The van der Waals surface area contributed by atoms with Crippen LogP contribution in [0.1, 0.15) is 0 Å². The molecule has 0 aliphatic rings. The highest BCUT2D eigenvalue weighted by molar-refractivity contribution is 4.12. The van der Waals surface area contributed by atoms with E-state index in [1.54, 1.807) is 14.2 Å². The number of hydrogen-bond donors (Lipinski definition) is 0. The van der Waals surface area contributed by atoms with Crippen molar-refractivity contribution in [1.82, 2.24) is 0 Å². The Morgan fingerprint density at radius 2 is 1.12 bits per heavy atom. The van der Waals surface area contributed by atoms with Crippen molar-refractivity contribution in [2.45, 2.75) is 6.48 Å². The van der Waals surface area contributed by atoms with Crippen molar-refractivity contribution in [2.24, 2.45) is 0 Å². The first-order valence-corrected chi connectivity index (χ1v) is 4.48. The molecule has 0 saturated heterocycles. The van der Waals surface area contributed by atoms with Gasteiger partial charge in [-0.05, 0) is 0 Å². The Kier molecular flexibility index (Phi) is 19.4. The lowest BCUT2D eigenvalue weighted by Crippen LogP contribution is -2.18. The van der Waals surface area contributed by atoms with E-state index < -0.39 is 6.48 Å². The summed E-state index contributed by atoms with van der Waals surface area (Å²) in [5.74, 6) is 0. The highest BCUT2D eigenvalue weighted by Gasteiger charge is 2.01. The molecular weight excluding hydrogens is 220 g/mol. The summed E-state index contributed by atoms with van der Waals surface area (Å²) < 4.78 is 32.5. The Morgan fingerprint density at radius 1 is 0.688 bits per heavy atom. The second-order valence-corrected chi connectivity index (χ2v) is 2.35. The summed E-state index contributed by atoms with van der Waals surface area (Å²) in [5, 5.41) is 0. The minimum Gasteiger partial charge on any atom is -0.359 e. The van der Waals surface area contributed by atoms with Crippen LogP contribution in [0.25, 0.3) is 0 Å². The van der Waals surface area contributed by atoms with Crippen molar-refractivity contribution >= 4 is 0 Å². The molecule has 0 radical (unpaired) electrons. The average Bonchev–Trinajstić information content (AvgIpc) is 2.32. The molecule has 0 bridgehead atoms. The predicted molar refractivity (Wildman–Crippen MR) is 55.6 cm³/mol. The van der Waals surface area contributed by atoms with Crippen LogP contribution < -0.4 is 0 Å². The summed E-state index contributed by atoms with van der Waals surface area (Å²) in [6.07, 6.45) is 0. The van der Waals surface area contributed by atoms with Gasteiger partial charge in [-0.3, -0.25) is 0 Å². The zero-order valence-electron chi connectivity index (χ0n) is 10.6. The summed E-state index contributed by atoms with van der Waals surface area (Å²) in [6.45, 7) is 0.151. The van der Waals surface area contributed by atoms with Crippen LogP contribution in [0.15, 0.2) is 0 Å². The van der Waals surface area contributed by atoms with Crippen LogP contribution in [0, 0.1) is 0 Å². The van der Waals surface area contributed by atoms with Gasteiger partial charge in [0.15, 0.2) is 6.79 Å². The van der Waals surface area contributed by atoms with Gasteiger partial charge in [-0.1, -0.05) is 0 Å². The maximum Gasteiger partial charge on any atom is 0.273 e. The minimum atomic E-state index is -0.620. The van der Waals surface area contributed by atoms with Crippen molar-refractivity contribution in [3.8, 4) is 0 Å². The second-order valence-electron chi connectivity index (χ2n) is 2.35. The number of ether oxygens (including phenoxy) is 7. The van der Waals surface area contributed by atoms with Crippen molar-refractivity contribution < 1.29 is 33.2 Å². The SMILES string of the molecule is COCOC(OC)OC.COCOCOC. The maximum absolute atomic E-state index is 4.82. The highest BCUT2D eigenvalue weighted by atomic mass is 16.9. The highest BCUT2D eigenvalue weighted by Crippen LogP contribution is 1.91. The smallest absolute Gasteiger partial charge is 0.273 e. The van der Waals surface area contributed by atoms with Gasteiger partial charge in [0.1, 0.15) is 13.6 Å². The van der Waals surface area contributed by atoms with E-state index in [-0.39, 0.29) is 6.79 Å². The molecule has 0 rings (SSSR count). The second kappa shape index (κ2) is 17.1. The van der Waals surface area contributed by atoms with E-state index in [1.165, 1.54) is 21.3 Å². The van der Waals surface area contributed by atoms with Gasteiger partial charge in [0.2, 0.25) is 0 Å². The Morgan fingerprint density at radius 3 is 1.44 bits per heavy atom. The Hall–Kier alpha value is -0.280. The molecule has 0 aliphatic heterocycles. The van der Waals surface area contributed by atoms with E-state index in [1.807, 2.05) is 0 Å². The van der Waals surface area contributed by atoms with Crippen molar-refractivity contribution in [1.29, 1.82) is 0 Å². The van der Waals surface area contributed by atoms with Crippen LogP contribution in [0.3, 0.4) is 0 Å². The molecule has 0 amide bonds. The number of methoxy groups -OCH3 is 5.